The first-order valence-corrected chi connectivity index (χ1v) is 7.36. The molecule has 3 aromatic carbocycles. The molecule has 0 radical (unpaired) electrons. The molecule has 106 valence electrons. The number of ether oxygens (including phenoxy) is 2. The molecule has 0 spiro atoms. The van der Waals surface area contributed by atoms with E-state index in [2.05, 4.69) is 4.98 Å². The van der Waals surface area contributed by atoms with Gasteiger partial charge in [0.25, 0.3) is 0 Å². The van der Waals surface area contributed by atoms with E-state index in [-0.39, 0.29) is 0 Å². The second kappa shape index (κ2) is 4.18. The van der Waals surface area contributed by atoms with E-state index in [1.165, 1.54) is 0 Å². The van der Waals surface area contributed by atoms with Crippen LogP contribution in [-0.4, -0.2) is 4.98 Å². The van der Waals surface area contributed by atoms with Crippen molar-refractivity contribution in [2.24, 2.45) is 0 Å². The fourth-order valence-corrected chi connectivity index (χ4v) is 3.10. The lowest BCUT2D eigenvalue weighted by Crippen LogP contribution is -1.98. The smallest absolute Gasteiger partial charge is 0.194 e. The first-order valence-electron chi connectivity index (χ1n) is 6.98. The topological polar surface area (TPSA) is 34.2 Å². The second-order valence-electron chi connectivity index (χ2n) is 5.28. The van der Waals surface area contributed by atoms with Crippen molar-refractivity contribution in [3.63, 3.8) is 0 Å². The Kier molecular flexibility index (Phi) is 2.27. The molecule has 3 nitrogen and oxygen atoms in total. The van der Waals surface area contributed by atoms with Crippen molar-refractivity contribution < 1.29 is 9.47 Å². The van der Waals surface area contributed by atoms with Crippen LogP contribution in [0.5, 0.6) is 23.0 Å². The van der Waals surface area contributed by atoms with E-state index in [1.54, 1.807) is 0 Å². The zero-order chi connectivity index (χ0) is 14.7. The molecule has 0 saturated heterocycles. The maximum atomic E-state index is 6.08. The lowest BCUT2D eigenvalue weighted by molar-refractivity contribution is 0.363. The van der Waals surface area contributed by atoms with Gasteiger partial charge in [0.15, 0.2) is 23.0 Å². The Bertz CT molecular complexity index is 1050. The van der Waals surface area contributed by atoms with Crippen LogP contribution in [0, 0.1) is 0 Å². The third-order valence-corrected chi connectivity index (χ3v) is 4.17. The Morgan fingerprint density at radius 1 is 0.773 bits per heavy atom. The average Bonchev–Trinajstić information content (AvgIpc) is 2.91. The van der Waals surface area contributed by atoms with Crippen LogP contribution in [0.2, 0.25) is 5.02 Å². The van der Waals surface area contributed by atoms with Crippen LogP contribution in [0.3, 0.4) is 0 Å². The zero-order valence-corrected chi connectivity index (χ0v) is 12.1. The molecule has 2 heterocycles. The molecule has 0 fully saturated rings. The van der Waals surface area contributed by atoms with E-state index in [4.69, 9.17) is 21.1 Å². The maximum Gasteiger partial charge on any atom is 0.194 e. The molecule has 1 aliphatic heterocycles. The van der Waals surface area contributed by atoms with E-state index in [0.29, 0.717) is 16.5 Å². The van der Waals surface area contributed by atoms with Crippen molar-refractivity contribution in [2.45, 2.75) is 0 Å². The van der Waals surface area contributed by atoms with Crippen LogP contribution >= 0.6 is 11.6 Å². The van der Waals surface area contributed by atoms with Crippen LogP contribution in [0.15, 0.2) is 54.6 Å². The van der Waals surface area contributed by atoms with Crippen LogP contribution in [-0.2, 0) is 0 Å². The van der Waals surface area contributed by atoms with E-state index in [0.717, 1.165) is 33.3 Å². The highest BCUT2D eigenvalue weighted by atomic mass is 35.5. The van der Waals surface area contributed by atoms with Gasteiger partial charge >= 0.3 is 0 Å². The SMILES string of the molecule is Clc1ccc2c(c1)[nH]c1c3c(ccc12)Oc1ccccc1O3. The average molecular weight is 308 g/mol. The number of para-hydroxylation sites is 2. The number of nitrogens with one attached hydrogen (secondary N) is 1. The number of halogens is 1. The summed E-state index contributed by atoms with van der Waals surface area (Å²) < 4.78 is 12.0. The van der Waals surface area contributed by atoms with Crippen molar-refractivity contribution in [2.75, 3.05) is 0 Å². The summed E-state index contributed by atoms with van der Waals surface area (Å²) in [7, 11) is 0. The number of benzene rings is 3. The molecule has 1 aliphatic rings. The molecule has 0 amide bonds. The molecule has 5 rings (SSSR count). The molecule has 1 N–H and O–H groups in total. The Labute approximate surface area is 131 Å². The van der Waals surface area contributed by atoms with Gasteiger partial charge in [0.2, 0.25) is 0 Å². The van der Waals surface area contributed by atoms with E-state index in [1.807, 2.05) is 54.6 Å². The molecular weight excluding hydrogens is 298 g/mol. The van der Waals surface area contributed by atoms with Gasteiger partial charge in [-0.3, -0.25) is 0 Å². The minimum atomic E-state index is 0.704. The fourth-order valence-electron chi connectivity index (χ4n) is 2.93. The van der Waals surface area contributed by atoms with Crippen molar-refractivity contribution in [3.05, 3.63) is 59.6 Å². The fraction of sp³-hybridized carbons (Fsp3) is 0. The molecule has 0 aliphatic carbocycles. The first-order chi connectivity index (χ1) is 10.8. The normalized spacial score (nSPS) is 12.6. The van der Waals surface area contributed by atoms with Crippen LogP contribution < -0.4 is 9.47 Å². The summed E-state index contributed by atoms with van der Waals surface area (Å²) in [6.45, 7) is 0. The van der Waals surface area contributed by atoms with Crippen LogP contribution in [0.25, 0.3) is 21.8 Å². The summed E-state index contributed by atoms with van der Waals surface area (Å²) >= 11 is 6.08. The summed E-state index contributed by atoms with van der Waals surface area (Å²) in [6.07, 6.45) is 0. The largest absolute Gasteiger partial charge is 0.449 e. The third-order valence-electron chi connectivity index (χ3n) is 3.93. The highest BCUT2D eigenvalue weighted by Crippen LogP contribution is 2.49. The molecule has 4 heteroatoms. The highest BCUT2D eigenvalue weighted by Gasteiger charge is 2.22. The van der Waals surface area contributed by atoms with Crippen molar-refractivity contribution in [1.82, 2.24) is 4.98 Å². The van der Waals surface area contributed by atoms with E-state index >= 15 is 0 Å². The van der Waals surface area contributed by atoms with E-state index in [9.17, 15) is 0 Å². The summed E-state index contributed by atoms with van der Waals surface area (Å²) in [5.41, 5.74) is 1.91. The number of aromatic amines is 1. The van der Waals surface area contributed by atoms with Crippen LogP contribution in [0.1, 0.15) is 0 Å². The van der Waals surface area contributed by atoms with E-state index < -0.39 is 0 Å². The maximum absolute atomic E-state index is 6.08. The number of H-pyrrole nitrogens is 1. The van der Waals surface area contributed by atoms with Gasteiger partial charge in [-0.05, 0) is 36.4 Å². The number of hydrogen-bond acceptors (Lipinski definition) is 2. The quantitative estimate of drug-likeness (QED) is 0.388. The number of hydrogen-bond donors (Lipinski definition) is 1. The molecule has 22 heavy (non-hydrogen) atoms. The Morgan fingerprint density at radius 3 is 2.41 bits per heavy atom. The first kappa shape index (κ1) is 12.0. The van der Waals surface area contributed by atoms with Crippen LogP contribution in [0.4, 0.5) is 0 Å². The summed E-state index contributed by atoms with van der Waals surface area (Å²) in [6, 6.07) is 17.5. The monoisotopic (exact) mass is 307 g/mol. The molecular formula is C18H10ClNO2. The van der Waals surface area contributed by atoms with Crippen molar-refractivity contribution in [1.29, 1.82) is 0 Å². The highest BCUT2D eigenvalue weighted by molar-refractivity contribution is 6.31. The standard InChI is InChI=1S/C18H10ClNO2/c19-10-5-6-11-12-7-8-16-18(17(12)20-13(11)9-10)22-15-4-2-1-3-14(15)21-16/h1-9,20H. The molecule has 4 aromatic rings. The summed E-state index contributed by atoms with van der Waals surface area (Å²) in [5.74, 6) is 2.88. The van der Waals surface area contributed by atoms with Gasteiger partial charge in [0.05, 0.1) is 5.52 Å². The molecule has 0 saturated carbocycles. The van der Waals surface area contributed by atoms with Gasteiger partial charge in [-0.1, -0.05) is 29.8 Å². The minimum Gasteiger partial charge on any atom is -0.449 e. The summed E-state index contributed by atoms with van der Waals surface area (Å²) in [4.78, 5) is 3.39. The predicted molar refractivity (Wildman–Crippen MR) is 87.4 cm³/mol. The number of rotatable bonds is 0. The van der Waals surface area contributed by atoms with Gasteiger partial charge < -0.3 is 14.5 Å². The lowest BCUT2D eigenvalue weighted by Gasteiger charge is -2.20. The van der Waals surface area contributed by atoms with Gasteiger partial charge in [0.1, 0.15) is 0 Å². The predicted octanol–water partition coefficient (Wildman–Crippen LogP) is 5.87. The second-order valence-corrected chi connectivity index (χ2v) is 5.72. The van der Waals surface area contributed by atoms with Gasteiger partial charge in [-0.25, -0.2) is 0 Å². The Morgan fingerprint density at radius 2 is 1.55 bits per heavy atom. The molecule has 0 unspecified atom stereocenters. The number of aromatic nitrogens is 1. The molecule has 0 atom stereocenters. The summed E-state index contributed by atoms with van der Waals surface area (Å²) in [5, 5.41) is 2.91. The zero-order valence-electron chi connectivity index (χ0n) is 11.4. The van der Waals surface area contributed by atoms with Gasteiger partial charge in [0, 0.05) is 21.3 Å². The lowest BCUT2D eigenvalue weighted by atomic mass is 10.1. The Hall–Kier alpha value is -2.65. The van der Waals surface area contributed by atoms with Crippen molar-refractivity contribution in [3.8, 4) is 23.0 Å². The number of fused-ring (bicyclic) bond motifs is 6. The van der Waals surface area contributed by atoms with Crippen molar-refractivity contribution >= 4 is 33.4 Å². The molecule has 1 aromatic heterocycles. The minimum absolute atomic E-state index is 0.704. The molecule has 0 bridgehead atoms. The van der Waals surface area contributed by atoms with Gasteiger partial charge in [-0.2, -0.15) is 0 Å². The van der Waals surface area contributed by atoms with Gasteiger partial charge in [-0.15, -0.1) is 0 Å². The Balaban J connectivity index is 1.81. The third kappa shape index (κ3) is 1.57.